The highest BCUT2D eigenvalue weighted by molar-refractivity contribution is 14.1. The van der Waals surface area contributed by atoms with Gasteiger partial charge in [-0.05, 0) is 58.8 Å². The van der Waals surface area contributed by atoms with E-state index in [2.05, 4.69) is 28.7 Å². The first-order chi connectivity index (χ1) is 14.9. The van der Waals surface area contributed by atoms with Crippen LogP contribution in [-0.2, 0) is 16.1 Å². The Hall–Kier alpha value is -2.21. The van der Waals surface area contributed by atoms with Gasteiger partial charge < -0.3 is 15.2 Å². The van der Waals surface area contributed by atoms with E-state index < -0.39 is 5.92 Å². The number of hydrogen-bond donors (Lipinski definition) is 1. The van der Waals surface area contributed by atoms with Crippen molar-refractivity contribution in [3.05, 3.63) is 83.9 Å². The van der Waals surface area contributed by atoms with E-state index in [0.29, 0.717) is 40.0 Å². The summed E-state index contributed by atoms with van der Waals surface area (Å²) in [6.45, 7) is 0.284. The number of nitrogens with two attached hydrogens (primary N) is 1. The second-order valence-corrected chi connectivity index (χ2v) is 9.26. The molecule has 2 aliphatic rings. The Morgan fingerprint density at radius 1 is 1.23 bits per heavy atom. The van der Waals surface area contributed by atoms with Crippen molar-refractivity contribution in [2.45, 2.75) is 31.8 Å². The highest BCUT2D eigenvalue weighted by atomic mass is 127. The number of rotatable bonds is 4. The average molecular weight is 567 g/mol. The molecule has 2 N–H and O–H groups in total. The molecule has 5 nitrogen and oxygen atoms in total. The van der Waals surface area contributed by atoms with E-state index in [4.69, 9.17) is 38.4 Å². The molecule has 0 saturated heterocycles. The van der Waals surface area contributed by atoms with Crippen molar-refractivity contribution < 1.29 is 14.3 Å². The summed E-state index contributed by atoms with van der Waals surface area (Å²) in [5, 5.41) is 10.8. The second kappa shape index (κ2) is 9.11. The Morgan fingerprint density at radius 3 is 2.74 bits per heavy atom. The molecule has 0 aromatic heterocycles. The van der Waals surface area contributed by atoms with E-state index in [9.17, 15) is 10.1 Å². The van der Waals surface area contributed by atoms with E-state index in [1.807, 2.05) is 24.3 Å². The molecule has 158 valence electrons. The zero-order chi connectivity index (χ0) is 22.1. The molecule has 2 aromatic rings. The van der Waals surface area contributed by atoms with E-state index in [1.54, 1.807) is 12.1 Å². The largest absolute Gasteiger partial charge is 0.488 e. The molecule has 1 atom stereocenters. The number of Topliss-reactive ketones (excluding diaryl/α,β-unsaturated/α-hetero) is 1. The highest BCUT2D eigenvalue weighted by Crippen LogP contribution is 2.44. The van der Waals surface area contributed by atoms with Gasteiger partial charge in [0.05, 0.1) is 9.49 Å². The Morgan fingerprint density at radius 2 is 2.03 bits per heavy atom. The maximum atomic E-state index is 12.7. The van der Waals surface area contributed by atoms with E-state index in [0.717, 1.165) is 21.1 Å². The van der Waals surface area contributed by atoms with Gasteiger partial charge in [-0.2, -0.15) is 5.26 Å². The lowest BCUT2D eigenvalue weighted by atomic mass is 9.77. The van der Waals surface area contributed by atoms with Gasteiger partial charge in [0.15, 0.2) is 5.78 Å². The van der Waals surface area contributed by atoms with Crippen LogP contribution in [0.1, 0.15) is 36.3 Å². The lowest BCUT2D eigenvalue weighted by molar-refractivity contribution is -0.116. The number of nitriles is 1. The van der Waals surface area contributed by atoms with Crippen molar-refractivity contribution in [1.82, 2.24) is 0 Å². The molecule has 0 saturated carbocycles. The fourth-order valence-electron chi connectivity index (χ4n) is 3.80. The van der Waals surface area contributed by atoms with Gasteiger partial charge in [-0.25, -0.2) is 0 Å². The number of halogens is 3. The fourth-order valence-corrected chi connectivity index (χ4v) is 4.96. The van der Waals surface area contributed by atoms with Crippen molar-refractivity contribution >= 4 is 51.6 Å². The molecule has 2 aromatic carbocycles. The van der Waals surface area contributed by atoms with Crippen LogP contribution in [0.25, 0.3) is 0 Å². The van der Waals surface area contributed by atoms with Gasteiger partial charge in [-0.3, -0.25) is 4.79 Å². The van der Waals surface area contributed by atoms with Crippen LogP contribution in [-0.4, -0.2) is 5.78 Å². The van der Waals surface area contributed by atoms with Crippen molar-refractivity contribution in [2.75, 3.05) is 0 Å². The number of allylic oxidation sites excluding steroid dienone is 3. The Balaban J connectivity index is 1.64. The van der Waals surface area contributed by atoms with Crippen LogP contribution in [0.5, 0.6) is 5.75 Å². The lowest BCUT2D eigenvalue weighted by Gasteiger charge is -2.31. The smallest absolute Gasteiger partial charge is 0.205 e. The molecule has 0 spiro atoms. The quantitative estimate of drug-likeness (QED) is 0.459. The molecule has 31 heavy (non-hydrogen) atoms. The average Bonchev–Trinajstić information content (AvgIpc) is 2.73. The number of carbonyl (C=O) groups is 1. The molecule has 0 unspecified atom stereocenters. The molecule has 4 rings (SSSR count). The minimum Gasteiger partial charge on any atom is -0.488 e. The summed E-state index contributed by atoms with van der Waals surface area (Å²) < 4.78 is 12.4. The molecule has 8 heteroatoms. The molecule has 0 amide bonds. The van der Waals surface area contributed by atoms with Crippen molar-refractivity contribution in [2.24, 2.45) is 5.73 Å². The summed E-state index contributed by atoms with van der Waals surface area (Å²) in [7, 11) is 0. The third kappa shape index (κ3) is 4.40. The van der Waals surface area contributed by atoms with Crippen molar-refractivity contribution in [1.29, 1.82) is 5.26 Å². The molecule has 0 radical (unpaired) electrons. The number of ketones is 1. The van der Waals surface area contributed by atoms with Gasteiger partial charge in [0.1, 0.15) is 29.8 Å². The number of nitrogens with zero attached hydrogens (tertiary/aromatic N) is 1. The maximum Gasteiger partial charge on any atom is 0.205 e. The standard InChI is InChI=1S/C23H17Cl2IN2O3/c24-14-6-4-13(16(25)9-14)11-30-19-7-5-12(8-17(19)26)21-15(10-27)23(28)31-20-3-1-2-18(29)22(20)21/h4-9,21H,1-3,11,28H2/t21-/m0/s1. The minimum atomic E-state index is -0.533. The third-order valence-electron chi connectivity index (χ3n) is 5.29. The van der Waals surface area contributed by atoms with Gasteiger partial charge in [0.2, 0.25) is 5.88 Å². The summed E-state index contributed by atoms with van der Waals surface area (Å²) in [5.74, 6) is 0.773. The third-order valence-corrected chi connectivity index (χ3v) is 6.72. The fraction of sp³-hybridized carbons (Fsp3) is 0.217. The van der Waals surface area contributed by atoms with E-state index in [1.165, 1.54) is 0 Å². The van der Waals surface area contributed by atoms with Gasteiger partial charge in [0.25, 0.3) is 0 Å². The van der Waals surface area contributed by atoms with Crippen LogP contribution >= 0.6 is 45.8 Å². The summed E-state index contributed by atoms with van der Waals surface area (Å²) >= 11 is 14.3. The van der Waals surface area contributed by atoms with Gasteiger partial charge >= 0.3 is 0 Å². The predicted molar refractivity (Wildman–Crippen MR) is 126 cm³/mol. The number of benzene rings is 2. The Kier molecular flexibility index (Phi) is 6.47. The molecule has 0 bridgehead atoms. The summed E-state index contributed by atoms with van der Waals surface area (Å²) in [6, 6.07) is 13.0. The molecule has 1 aliphatic heterocycles. The Labute approximate surface area is 203 Å². The van der Waals surface area contributed by atoms with Crippen LogP contribution in [0.15, 0.2) is 59.2 Å². The first kappa shape index (κ1) is 22.0. The predicted octanol–water partition coefficient (Wildman–Crippen LogP) is 5.99. The number of hydrogen-bond acceptors (Lipinski definition) is 5. The summed E-state index contributed by atoms with van der Waals surface area (Å²) in [4.78, 5) is 12.7. The summed E-state index contributed by atoms with van der Waals surface area (Å²) in [5.41, 5.74) is 8.43. The normalized spacial score (nSPS) is 18.4. The van der Waals surface area contributed by atoms with Crippen LogP contribution in [0.2, 0.25) is 10.0 Å². The van der Waals surface area contributed by atoms with Crippen LogP contribution in [0.3, 0.4) is 0 Å². The molecule has 0 fully saturated rings. The van der Waals surface area contributed by atoms with Gasteiger partial charge in [-0.1, -0.05) is 35.3 Å². The molecular weight excluding hydrogens is 550 g/mol. The topological polar surface area (TPSA) is 85.3 Å². The van der Waals surface area contributed by atoms with E-state index >= 15 is 0 Å². The van der Waals surface area contributed by atoms with Crippen LogP contribution < -0.4 is 10.5 Å². The number of ether oxygens (including phenoxy) is 2. The summed E-state index contributed by atoms with van der Waals surface area (Å²) in [6.07, 6.45) is 1.80. The lowest BCUT2D eigenvalue weighted by Crippen LogP contribution is -2.27. The first-order valence-electron chi connectivity index (χ1n) is 9.59. The second-order valence-electron chi connectivity index (χ2n) is 7.25. The molecular formula is C23H17Cl2IN2O3. The number of carbonyl (C=O) groups excluding carboxylic acids is 1. The minimum absolute atomic E-state index is 0.000727. The van der Waals surface area contributed by atoms with Gasteiger partial charge in [-0.15, -0.1) is 0 Å². The highest BCUT2D eigenvalue weighted by Gasteiger charge is 2.38. The monoisotopic (exact) mass is 566 g/mol. The van der Waals surface area contributed by atoms with Crippen LogP contribution in [0.4, 0.5) is 0 Å². The Bertz CT molecular complexity index is 1180. The van der Waals surface area contributed by atoms with Crippen LogP contribution in [0, 0.1) is 14.9 Å². The maximum absolute atomic E-state index is 12.7. The molecule has 1 aliphatic carbocycles. The zero-order valence-electron chi connectivity index (χ0n) is 16.3. The molecule has 1 heterocycles. The van der Waals surface area contributed by atoms with Crippen molar-refractivity contribution in [3.8, 4) is 11.8 Å². The van der Waals surface area contributed by atoms with Crippen molar-refractivity contribution in [3.63, 3.8) is 0 Å². The zero-order valence-corrected chi connectivity index (χ0v) is 19.9. The SMILES string of the molecule is N#CC1=C(N)OC2=C(C(=O)CCC2)[C@H]1c1ccc(OCc2ccc(Cl)cc2Cl)c(I)c1. The van der Waals surface area contributed by atoms with E-state index in [-0.39, 0.29) is 23.8 Å². The first-order valence-corrected chi connectivity index (χ1v) is 11.4. The van der Waals surface area contributed by atoms with Gasteiger partial charge in [0, 0.05) is 34.0 Å².